The second-order valence-electron chi connectivity index (χ2n) is 3.07. The molecule has 0 unspecified atom stereocenters. The summed E-state index contributed by atoms with van der Waals surface area (Å²) in [6, 6.07) is 0. The number of hydrogen-bond donors (Lipinski definition) is 0. The van der Waals surface area contributed by atoms with Crippen LogP contribution in [0.3, 0.4) is 0 Å². The van der Waals surface area contributed by atoms with E-state index >= 15 is 0 Å². The highest BCUT2D eigenvalue weighted by atomic mass is 19.4. The quantitative estimate of drug-likeness (QED) is 0.512. The molecule has 0 aromatic carbocycles. The number of hydrogen-bond acceptors (Lipinski definition) is 1. The Hall–Kier alpha value is -0.680. The molecule has 0 atom stereocenters. The first kappa shape index (κ1) is 16.7. The molecular weight excluding hydrogens is 217 g/mol. The van der Waals surface area contributed by atoms with Crippen LogP contribution in [0.1, 0.15) is 32.6 Å². The third kappa shape index (κ3) is 16.0. The fourth-order valence-corrected chi connectivity index (χ4v) is 0.817. The van der Waals surface area contributed by atoms with Crippen LogP contribution in [0.2, 0.25) is 0 Å². The van der Waals surface area contributed by atoms with Crippen LogP contribution < -0.4 is 0 Å². The molecule has 0 spiro atoms. The Bertz CT molecular complexity index is 164. The lowest BCUT2D eigenvalue weighted by molar-refractivity contribution is -0.189. The van der Waals surface area contributed by atoms with Gasteiger partial charge in [0.1, 0.15) is 6.42 Å². The first-order chi connectivity index (χ1) is 6.68. The molecule has 0 aliphatic rings. The third-order valence-electron chi connectivity index (χ3n) is 1.36. The molecule has 0 saturated heterocycles. The van der Waals surface area contributed by atoms with Gasteiger partial charge in [0.15, 0.2) is 0 Å². The summed E-state index contributed by atoms with van der Waals surface area (Å²) in [5.74, 6) is -3.59. The summed E-state index contributed by atoms with van der Waals surface area (Å²) in [4.78, 5) is 3.25. The predicted molar refractivity (Wildman–Crippen MR) is 50.6 cm³/mol. The van der Waals surface area contributed by atoms with Gasteiger partial charge in [0.25, 0.3) is 5.92 Å². The summed E-state index contributed by atoms with van der Waals surface area (Å²) < 4.78 is 59.3. The summed E-state index contributed by atoms with van der Waals surface area (Å²) in [5.41, 5.74) is 0. The standard InChI is InChI=1S/C7H11F5.C2H5N/c1-2-3-4-6(8,9)5-7(10,11)12;1-3-2/h2-5H2,1H3;1H2,2H3. The summed E-state index contributed by atoms with van der Waals surface area (Å²) in [6.07, 6.45) is -6.84. The molecule has 0 aromatic rings. The minimum Gasteiger partial charge on any atom is -0.304 e. The van der Waals surface area contributed by atoms with E-state index in [0.29, 0.717) is 6.42 Å². The van der Waals surface area contributed by atoms with Crippen molar-refractivity contribution in [2.45, 2.75) is 44.7 Å². The van der Waals surface area contributed by atoms with Crippen LogP contribution in [0, 0.1) is 0 Å². The van der Waals surface area contributed by atoms with Crippen molar-refractivity contribution in [1.82, 2.24) is 0 Å². The molecular formula is C9H16F5N. The lowest BCUT2D eigenvalue weighted by Gasteiger charge is -2.17. The van der Waals surface area contributed by atoms with Gasteiger partial charge >= 0.3 is 6.18 Å². The molecule has 0 aliphatic heterocycles. The van der Waals surface area contributed by atoms with Crippen molar-refractivity contribution in [2.75, 3.05) is 7.05 Å². The maximum absolute atomic E-state index is 12.4. The van der Waals surface area contributed by atoms with E-state index in [2.05, 4.69) is 11.7 Å². The number of nitrogens with zero attached hydrogens (tertiary/aromatic N) is 1. The van der Waals surface area contributed by atoms with Gasteiger partial charge in [-0.05, 0) is 13.1 Å². The van der Waals surface area contributed by atoms with Crippen LogP contribution in [0.15, 0.2) is 4.99 Å². The van der Waals surface area contributed by atoms with E-state index in [9.17, 15) is 22.0 Å². The van der Waals surface area contributed by atoms with Crippen molar-refractivity contribution in [3.63, 3.8) is 0 Å². The highest BCUT2D eigenvalue weighted by Gasteiger charge is 2.42. The molecule has 0 heterocycles. The van der Waals surface area contributed by atoms with Gasteiger partial charge in [0.05, 0.1) is 0 Å². The van der Waals surface area contributed by atoms with Gasteiger partial charge in [-0.1, -0.05) is 13.3 Å². The Labute approximate surface area is 86.4 Å². The molecule has 6 heteroatoms. The summed E-state index contributed by atoms with van der Waals surface area (Å²) in [7, 11) is 1.64. The van der Waals surface area contributed by atoms with Gasteiger partial charge in [-0.25, -0.2) is 8.78 Å². The second-order valence-corrected chi connectivity index (χ2v) is 3.07. The molecule has 0 fully saturated rings. The number of alkyl halides is 5. The minimum atomic E-state index is -4.77. The summed E-state index contributed by atoms with van der Waals surface area (Å²) in [5, 5.41) is 0. The first-order valence-electron chi connectivity index (χ1n) is 4.48. The molecule has 0 N–H and O–H groups in total. The highest BCUT2D eigenvalue weighted by molar-refractivity contribution is 5.22. The van der Waals surface area contributed by atoms with E-state index in [1.54, 1.807) is 14.0 Å². The van der Waals surface area contributed by atoms with Crippen LogP contribution >= 0.6 is 0 Å². The van der Waals surface area contributed by atoms with Crippen LogP contribution in [-0.2, 0) is 0 Å². The van der Waals surface area contributed by atoms with Gasteiger partial charge in [0, 0.05) is 13.5 Å². The Morgan fingerprint density at radius 1 is 1.13 bits per heavy atom. The fraction of sp³-hybridized carbons (Fsp3) is 0.889. The summed E-state index contributed by atoms with van der Waals surface area (Å²) in [6.45, 7) is 4.77. The van der Waals surface area contributed by atoms with Gasteiger partial charge in [0.2, 0.25) is 0 Å². The van der Waals surface area contributed by atoms with E-state index < -0.39 is 24.9 Å². The number of aliphatic imine (C=N–C) groups is 1. The largest absolute Gasteiger partial charge is 0.394 e. The molecule has 0 radical (unpaired) electrons. The van der Waals surface area contributed by atoms with Crippen LogP contribution in [-0.4, -0.2) is 25.9 Å². The Kier molecular flexibility index (Phi) is 8.47. The summed E-state index contributed by atoms with van der Waals surface area (Å²) >= 11 is 0. The maximum Gasteiger partial charge on any atom is 0.394 e. The van der Waals surface area contributed by atoms with Crippen LogP contribution in [0.25, 0.3) is 0 Å². The van der Waals surface area contributed by atoms with Gasteiger partial charge < -0.3 is 4.99 Å². The first-order valence-corrected chi connectivity index (χ1v) is 4.48. The topological polar surface area (TPSA) is 12.4 Å². The van der Waals surface area contributed by atoms with Gasteiger partial charge in [-0.2, -0.15) is 13.2 Å². The monoisotopic (exact) mass is 233 g/mol. The van der Waals surface area contributed by atoms with Crippen molar-refractivity contribution in [2.24, 2.45) is 4.99 Å². The lowest BCUT2D eigenvalue weighted by atomic mass is 10.1. The molecule has 0 aromatic heterocycles. The van der Waals surface area contributed by atoms with E-state index in [1.165, 1.54) is 0 Å². The second kappa shape index (κ2) is 7.59. The van der Waals surface area contributed by atoms with Gasteiger partial charge in [-0.15, -0.1) is 0 Å². The van der Waals surface area contributed by atoms with Gasteiger partial charge in [-0.3, -0.25) is 0 Å². The molecule has 0 saturated carbocycles. The van der Waals surface area contributed by atoms with Crippen molar-refractivity contribution in [3.05, 3.63) is 0 Å². The van der Waals surface area contributed by atoms with E-state index in [-0.39, 0.29) is 6.42 Å². The van der Waals surface area contributed by atoms with Crippen LogP contribution in [0.4, 0.5) is 22.0 Å². The van der Waals surface area contributed by atoms with Crippen molar-refractivity contribution in [3.8, 4) is 0 Å². The molecule has 0 bridgehead atoms. The normalized spacial score (nSPS) is 11.7. The Balaban J connectivity index is 0. The molecule has 0 rings (SSSR count). The minimum absolute atomic E-state index is 0.128. The molecule has 0 aliphatic carbocycles. The van der Waals surface area contributed by atoms with Crippen molar-refractivity contribution < 1.29 is 22.0 Å². The molecule has 1 nitrogen and oxygen atoms in total. The highest BCUT2D eigenvalue weighted by Crippen LogP contribution is 2.34. The SMILES string of the molecule is C=NC.CCCCC(F)(F)CC(F)(F)F. The van der Waals surface area contributed by atoms with Crippen molar-refractivity contribution in [1.29, 1.82) is 0 Å². The van der Waals surface area contributed by atoms with Crippen LogP contribution in [0.5, 0.6) is 0 Å². The van der Waals surface area contributed by atoms with E-state index in [1.807, 2.05) is 0 Å². The smallest absolute Gasteiger partial charge is 0.304 e. The fourth-order valence-electron chi connectivity index (χ4n) is 0.817. The number of unbranched alkanes of at least 4 members (excludes halogenated alkanes) is 1. The van der Waals surface area contributed by atoms with Crippen molar-refractivity contribution >= 4 is 6.72 Å². The number of rotatable bonds is 4. The zero-order valence-corrected chi connectivity index (χ0v) is 8.87. The van der Waals surface area contributed by atoms with E-state index in [4.69, 9.17) is 0 Å². The van der Waals surface area contributed by atoms with E-state index in [0.717, 1.165) is 0 Å². The lowest BCUT2D eigenvalue weighted by Crippen LogP contribution is -2.25. The average Bonchev–Trinajstić information content (AvgIpc) is 1.98. The Morgan fingerprint density at radius 2 is 1.53 bits per heavy atom. The molecule has 0 amide bonds. The third-order valence-corrected chi connectivity index (χ3v) is 1.36. The maximum atomic E-state index is 12.4. The zero-order valence-electron chi connectivity index (χ0n) is 8.87. The number of halogens is 5. The average molecular weight is 233 g/mol. The predicted octanol–water partition coefficient (Wildman–Crippen LogP) is 4.08. The molecule has 92 valence electrons. The zero-order chi connectivity index (χ0) is 12.5. The molecule has 15 heavy (non-hydrogen) atoms. The Morgan fingerprint density at radius 3 is 1.80 bits per heavy atom.